The van der Waals surface area contributed by atoms with Gasteiger partial charge < -0.3 is 23.1 Å². The topological polar surface area (TPSA) is 52.4 Å². The third-order valence-corrected chi connectivity index (χ3v) is 36.5. The van der Waals surface area contributed by atoms with Gasteiger partial charge in [-0.2, -0.15) is 0 Å². The Morgan fingerprint density at radius 1 is 0.271 bits per heavy atom. The highest BCUT2D eigenvalue weighted by molar-refractivity contribution is 7.02. The Hall–Kier alpha value is -12.7. The van der Waals surface area contributed by atoms with Crippen LogP contribution in [-0.4, -0.2) is 13.4 Å². The van der Waals surface area contributed by atoms with Crippen molar-refractivity contribution in [2.24, 2.45) is 0 Å². The summed E-state index contributed by atoms with van der Waals surface area (Å²) in [4.78, 5) is 10.5. The Kier molecular flexibility index (Phi) is 18.2. The van der Waals surface area contributed by atoms with Crippen LogP contribution in [0.2, 0.25) is 0 Å². The molecule has 0 amide bonds. The molecular weight excluding hydrogens is 1700 g/mol. The van der Waals surface area contributed by atoms with Crippen LogP contribution in [0, 0.1) is 0 Å². The van der Waals surface area contributed by atoms with E-state index in [2.05, 4.69) is 440 Å². The number of nitrogens with zero attached hydrogens (tertiary/aromatic N) is 4. The molecule has 9 heteroatoms. The molecule has 5 aliphatic carbocycles. The van der Waals surface area contributed by atoms with Crippen molar-refractivity contribution in [3.8, 4) is 33.4 Å². The third-order valence-electron chi connectivity index (χ3n) is 36.5. The Morgan fingerprint density at radius 3 is 1.29 bits per heavy atom. The fourth-order valence-corrected chi connectivity index (χ4v) is 27.7. The summed E-state index contributed by atoms with van der Waals surface area (Å²) >= 11 is 0. The second kappa shape index (κ2) is 29.0. The maximum absolute atomic E-state index is 8.10. The van der Waals surface area contributed by atoms with Gasteiger partial charge in [0.2, 0.25) is 11.8 Å². The zero-order chi connectivity index (χ0) is 96.8. The second-order valence-electron chi connectivity index (χ2n) is 51.1. The molecule has 0 bridgehead atoms. The van der Waals surface area contributed by atoms with Crippen molar-refractivity contribution in [1.29, 1.82) is 0 Å². The van der Waals surface area contributed by atoms with Gasteiger partial charge in [-0.05, 0) is 337 Å². The Balaban J connectivity index is 0.682. The van der Waals surface area contributed by atoms with Crippen molar-refractivity contribution in [2.75, 3.05) is 19.6 Å². The minimum Gasteiger partial charge on any atom is -0.454 e. The van der Waals surface area contributed by atoms with E-state index in [4.69, 9.17) is 13.3 Å². The minimum atomic E-state index is -0.294. The lowest BCUT2D eigenvalue weighted by Gasteiger charge is -2.45. The zero-order valence-corrected chi connectivity index (χ0v) is 86.4. The number of benzene rings is 14. The zero-order valence-electron chi connectivity index (χ0n) is 86.4. The highest BCUT2D eigenvalue weighted by atomic mass is 16.4. The van der Waals surface area contributed by atoms with Gasteiger partial charge in [-0.15, -0.1) is 0 Å². The van der Waals surface area contributed by atoms with Crippen molar-refractivity contribution in [3.05, 3.63) is 333 Å². The Morgan fingerprint density at radius 2 is 0.714 bits per heavy atom. The molecule has 1 unspecified atom stereocenters. The van der Waals surface area contributed by atoms with Gasteiger partial charge in [-0.3, -0.25) is 9.80 Å². The van der Waals surface area contributed by atoms with Gasteiger partial charge in [0, 0.05) is 88.9 Å². The summed E-state index contributed by atoms with van der Waals surface area (Å²) in [5.41, 5.74) is 46.6. The molecule has 9 aliphatic rings. The van der Waals surface area contributed by atoms with Crippen molar-refractivity contribution in [1.82, 2.24) is 0 Å². The summed E-state index contributed by atoms with van der Waals surface area (Å²) in [5.74, 6) is 1.80. The minimum absolute atomic E-state index is 0.00599. The maximum atomic E-state index is 8.10. The first-order valence-corrected chi connectivity index (χ1v) is 52.1. The van der Waals surface area contributed by atoms with Crippen LogP contribution in [0.15, 0.2) is 274 Å². The lowest BCUT2D eigenvalue weighted by molar-refractivity contribution is 0.310. The highest BCUT2D eigenvalue weighted by Gasteiger charge is 2.54. The van der Waals surface area contributed by atoms with Crippen molar-refractivity contribution >= 4 is 159 Å². The molecule has 698 valence electrons. The van der Waals surface area contributed by atoms with Crippen molar-refractivity contribution < 1.29 is 13.3 Å². The number of rotatable bonds is 8. The van der Waals surface area contributed by atoms with Gasteiger partial charge >= 0.3 is 0 Å². The molecule has 17 aromatic rings. The smallest absolute Gasteiger partial charge is 0.257 e. The highest BCUT2D eigenvalue weighted by Crippen LogP contribution is 2.62. The quantitative estimate of drug-likeness (QED) is 0.141. The van der Waals surface area contributed by atoms with Crippen LogP contribution in [0.3, 0.4) is 0 Å². The summed E-state index contributed by atoms with van der Waals surface area (Å²) in [6, 6.07) is 103. The Labute approximate surface area is 829 Å². The van der Waals surface area contributed by atoms with E-state index in [-0.39, 0.29) is 73.0 Å². The maximum Gasteiger partial charge on any atom is 0.257 e. The number of fused-ring (bicyclic) bond motifs is 22. The first-order valence-electron chi connectivity index (χ1n) is 52.1. The number of para-hydroxylation sites is 2. The summed E-state index contributed by atoms with van der Waals surface area (Å²) in [6.45, 7) is 55.9. The first-order chi connectivity index (χ1) is 66.4. The fourth-order valence-electron chi connectivity index (χ4n) is 27.7. The van der Waals surface area contributed by atoms with Crippen LogP contribution in [-0.2, 0) is 66.0 Å². The van der Waals surface area contributed by atoms with Gasteiger partial charge in [-0.25, -0.2) is 0 Å². The van der Waals surface area contributed by atoms with E-state index in [9.17, 15) is 0 Å². The van der Waals surface area contributed by atoms with Crippen LogP contribution in [0.25, 0.3) is 77.3 Å². The first kappa shape index (κ1) is 87.5. The molecule has 0 fully saturated rings. The predicted octanol–water partition coefficient (Wildman–Crippen LogP) is 32.1. The predicted molar refractivity (Wildman–Crippen MR) is 593 cm³/mol. The molecule has 26 rings (SSSR count). The van der Waals surface area contributed by atoms with E-state index in [0.717, 1.165) is 159 Å². The third kappa shape index (κ3) is 12.6. The molecule has 0 spiro atoms. The lowest BCUT2D eigenvalue weighted by Crippen LogP contribution is -2.61. The molecule has 14 aromatic carbocycles. The van der Waals surface area contributed by atoms with Crippen LogP contribution in [0.4, 0.5) is 68.6 Å². The average molecular weight is 1830 g/mol. The summed E-state index contributed by atoms with van der Waals surface area (Å²) in [5, 5.41) is 4.60. The Bertz CT molecular complexity index is 8240. The van der Waals surface area contributed by atoms with E-state index >= 15 is 0 Å². The van der Waals surface area contributed by atoms with Gasteiger partial charge in [0.05, 0.1) is 11.4 Å². The molecule has 0 saturated carbocycles. The van der Waals surface area contributed by atoms with E-state index in [1.807, 2.05) is 0 Å². The van der Waals surface area contributed by atoms with E-state index in [1.54, 1.807) is 0 Å². The van der Waals surface area contributed by atoms with Gasteiger partial charge in [0.15, 0.2) is 5.58 Å². The summed E-state index contributed by atoms with van der Waals surface area (Å²) in [6.07, 6.45) is 9.57. The lowest BCUT2D eigenvalue weighted by atomic mass is 9.33. The van der Waals surface area contributed by atoms with E-state index < -0.39 is 0 Å². The van der Waals surface area contributed by atoms with Crippen molar-refractivity contribution in [2.45, 2.75) is 277 Å². The average Bonchev–Trinajstić information content (AvgIpc) is 1.40. The molecule has 140 heavy (non-hydrogen) atoms. The molecule has 1 atom stereocenters. The molecule has 0 saturated heterocycles. The monoisotopic (exact) mass is 1830 g/mol. The number of anilines is 12. The normalized spacial score (nSPS) is 19.4. The van der Waals surface area contributed by atoms with Crippen molar-refractivity contribution in [3.63, 3.8) is 0 Å². The molecule has 7 heterocycles. The van der Waals surface area contributed by atoms with Crippen LogP contribution in [0.1, 0.15) is 283 Å². The number of hydrogen-bond acceptors (Lipinski definition) is 7. The largest absolute Gasteiger partial charge is 0.454 e. The number of furan rings is 3. The standard InChI is InChI=1S/C131H130B2N4O3/c1-121(2,3)81-48-54-102-101(67-81)133-115-89-72-99-98(74-112(89)140-120(115)135(84-50-52-92-95(70-84)126(13,14)58-56-124(92,9)10)107-63-79(77-33-25-24-26-34-77)65-108(117(107)133)136(102)104-41-31-37-86-85-35-28-30-42-110(85)138-118(86)104)129(19,20)61-62-131(99,23)75-76-43-45-78(46-44-76)80-64-106-116-109(66-80)137(103-40-32-39-93-113(103)87-36-27-29-38-90(87)130(93,21)22)105-68-82(122(4,5)6)47-53-100(105)132(116)114-88-71-96-97(128(17,18)60-59-127(96,15)16)73-111(88)139-119(114)134(106)83-49-51-91-94(69-83)125(11,12)57-55-123(91,7)8/h24-54,63-74H,55-62,75H2,1-23H3. The fraction of sp³-hybridized carbons (Fsp3) is 0.328. The molecule has 0 N–H and O–H groups in total. The van der Waals surface area contributed by atoms with E-state index in [1.165, 1.54) is 150 Å². The summed E-state index contributed by atoms with van der Waals surface area (Å²) in [7, 11) is 0. The van der Waals surface area contributed by atoms with Gasteiger partial charge in [0.25, 0.3) is 13.4 Å². The molecule has 4 aliphatic heterocycles. The molecule has 0 radical (unpaired) electrons. The molecular formula is C131H130B2N4O3. The van der Waals surface area contributed by atoms with E-state index in [0.29, 0.717) is 0 Å². The molecule has 7 nitrogen and oxygen atoms in total. The van der Waals surface area contributed by atoms with Crippen LogP contribution >= 0.6 is 0 Å². The van der Waals surface area contributed by atoms with Gasteiger partial charge in [0.1, 0.15) is 16.7 Å². The second-order valence-corrected chi connectivity index (χ2v) is 51.1. The van der Waals surface area contributed by atoms with Crippen LogP contribution < -0.4 is 52.4 Å². The van der Waals surface area contributed by atoms with Gasteiger partial charge in [-0.1, -0.05) is 317 Å². The molecule has 3 aromatic heterocycles. The summed E-state index contributed by atoms with van der Waals surface area (Å²) < 4.78 is 23.3. The SMILES string of the molecule is CC(C)(C)c1ccc2c(c1)B1c3c(cc(-c4ccccc4)cc3N2c2cccc3c2oc2ccccc23)N(c2ccc3c(c2)C(C)(C)CCC3(C)C)c2oc3cc4c(cc3c21)C(C)(Cc1ccc(-c2cc3c5c(c2)N(c2ccc6c(c2)C(C)(C)CCC6(C)C)c2oc6cc7c(cc6c2B5c2ccc(C(C)(C)C)cc2N3c2cccc3c2-c2ccccc2C3(C)C)C(C)(C)CCC7(C)C)cc1)CCC4(C)C. The number of hydrogen-bond donors (Lipinski definition) is 0. The van der Waals surface area contributed by atoms with Crippen LogP contribution in [0.5, 0.6) is 0 Å².